The average molecular weight is 545 g/mol. The number of carbonyl (C=O) groups excluding carboxylic acids is 1. The third-order valence-corrected chi connectivity index (χ3v) is 7.41. The van der Waals surface area contributed by atoms with Crippen LogP contribution in [0.15, 0.2) is 73.1 Å². The molecule has 0 spiro atoms. The fraction of sp³-hybridized carbons (Fsp3) is 0.241. The van der Waals surface area contributed by atoms with Gasteiger partial charge < -0.3 is 20.1 Å². The Bertz CT molecular complexity index is 1490. The lowest BCUT2D eigenvalue weighted by Gasteiger charge is -2.28. The highest BCUT2D eigenvalue weighted by molar-refractivity contribution is 7.80. The van der Waals surface area contributed by atoms with Gasteiger partial charge in [0.2, 0.25) is 5.91 Å². The first-order valence-electron chi connectivity index (χ1n) is 12.5. The molecule has 4 heterocycles. The van der Waals surface area contributed by atoms with Gasteiger partial charge >= 0.3 is 0 Å². The van der Waals surface area contributed by atoms with Crippen LogP contribution in [0.4, 0.5) is 11.4 Å². The van der Waals surface area contributed by atoms with Gasteiger partial charge in [-0.1, -0.05) is 37.6 Å². The largest absolute Gasteiger partial charge is 0.351 e. The number of aromatic nitrogens is 3. The van der Waals surface area contributed by atoms with Gasteiger partial charge in [0.05, 0.1) is 28.5 Å². The maximum Gasteiger partial charge on any atom is 0.226 e. The fourth-order valence-corrected chi connectivity index (χ4v) is 5.47. The van der Waals surface area contributed by atoms with Gasteiger partial charge in [-0.05, 0) is 80.2 Å². The van der Waals surface area contributed by atoms with Crippen molar-refractivity contribution in [3.63, 3.8) is 0 Å². The molecule has 1 amide bonds. The van der Waals surface area contributed by atoms with Gasteiger partial charge in [0.1, 0.15) is 5.82 Å². The van der Waals surface area contributed by atoms with Crippen molar-refractivity contribution in [2.75, 3.05) is 10.2 Å². The normalized spacial score (nSPS) is 17.1. The molecule has 0 aliphatic carbocycles. The Kier molecular flexibility index (Phi) is 7.19. The lowest BCUT2D eigenvalue weighted by atomic mass is 9.96. The van der Waals surface area contributed by atoms with E-state index < -0.39 is 0 Å². The van der Waals surface area contributed by atoms with Crippen LogP contribution in [0.3, 0.4) is 0 Å². The Morgan fingerprint density at radius 1 is 1.05 bits per heavy atom. The van der Waals surface area contributed by atoms with Gasteiger partial charge in [0.15, 0.2) is 5.11 Å². The molecule has 3 aromatic heterocycles. The van der Waals surface area contributed by atoms with E-state index in [1.54, 1.807) is 12.4 Å². The third kappa shape index (κ3) is 4.77. The molecule has 0 unspecified atom stereocenters. The molecule has 0 saturated carbocycles. The van der Waals surface area contributed by atoms with Crippen LogP contribution in [-0.4, -0.2) is 25.6 Å². The van der Waals surface area contributed by atoms with Crippen molar-refractivity contribution in [3.8, 4) is 5.82 Å². The molecule has 4 aromatic rings. The second-order valence-electron chi connectivity index (χ2n) is 9.65. The molecule has 38 heavy (non-hydrogen) atoms. The first-order valence-corrected chi connectivity index (χ1v) is 13.3. The number of pyridine rings is 2. The molecule has 1 aliphatic heterocycles. The summed E-state index contributed by atoms with van der Waals surface area (Å²) in [5.41, 5.74) is 5.51. The van der Waals surface area contributed by atoms with Gasteiger partial charge in [-0.3, -0.25) is 9.78 Å². The molecule has 5 rings (SSSR count). The Morgan fingerprint density at radius 3 is 2.42 bits per heavy atom. The number of nitrogens with one attached hydrogen (secondary N) is 2. The molecular weight excluding hydrogens is 516 g/mol. The van der Waals surface area contributed by atoms with Crippen molar-refractivity contribution in [1.82, 2.24) is 19.9 Å². The molecule has 1 fully saturated rings. The monoisotopic (exact) mass is 544 g/mol. The smallest absolute Gasteiger partial charge is 0.226 e. The summed E-state index contributed by atoms with van der Waals surface area (Å²) in [5, 5.41) is 7.41. The van der Waals surface area contributed by atoms with Crippen molar-refractivity contribution in [1.29, 1.82) is 0 Å². The van der Waals surface area contributed by atoms with Crippen molar-refractivity contribution >= 4 is 46.2 Å². The standard InChI is InChI=1S/C29H29ClN6OS/c1-17(2)28(37)33-23-12-11-20(16-22(23)30)36-27(26(34-29(36)38)24-9-5-7-13-31-24)21-15-18(3)35(19(21)4)25-10-6-8-14-32-25/h5-17,26-27H,1-4H3,(H,33,37)(H,34,38)/t26-,27-/m1/s1. The maximum atomic E-state index is 12.3. The number of hydrogen-bond donors (Lipinski definition) is 2. The number of amides is 1. The molecule has 2 N–H and O–H groups in total. The van der Waals surface area contributed by atoms with Gasteiger partial charge in [0.25, 0.3) is 0 Å². The summed E-state index contributed by atoms with van der Waals surface area (Å²) in [7, 11) is 0. The molecule has 0 radical (unpaired) electrons. The van der Waals surface area contributed by atoms with Crippen molar-refractivity contribution in [3.05, 3.63) is 101 Å². The van der Waals surface area contributed by atoms with E-state index in [2.05, 4.69) is 50.0 Å². The number of anilines is 2. The van der Waals surface area contributed by atoms with Crippen molar-refractivity contribution < 1.29 is 4.79 Å². The number of aryl methyl sites for hydroxylation is 1. The highest BCUT2D eigenvalue weighted by atomic mass is 35.5. The van der Waals surface area contributed by atoms with Gasteiger partial charge in [-0.15, -0.1) is 0 Å². The first-order chi connectivity index (χ1) is 18.3. The molecule has 1 aliphatic rings. The van der Waals surface area contributed by atoms with Gasteiger partial charge in [-0.2, -0.15) is 0 Å². The molecular formula is C29H29ClN6OS. The minimum Gasteiger partial charge on any atom is -0.351 e. The highest BCUT2D eigenvalue weighted by Gasteiger charge is 2.42. The van der Waals surface area contributed by atoms with Crippen LogP contribution in [0.5, 0.6) is 0 Å². The van der Waals surface area contributed by atoms with Crippen LogP contribution >= 0.6 is 23.8 Å². The number of nitrogens with zero attached hydrogens (tertiary/aromatic N) is 4. The fourth-order valence-electron chi connectivity index (χ4n) is 4.91. The van der Waals surface area contributed by atoms with Gasteiger partial charge in [0, 0.05) is 35.4 Å². The highest BCUT2D eigenvalue weighted by Crippen LogP contribution is 2.44. The van der Waals surface area contributed by atoms with Crippen LogP contribution in [0.1, 0.15) is 48.6 Å². The van der Waals surface area contributed by atoms with E-state index in [0.717, 1.165) is 34.2 Å². The van der Waals surface area contributed by atoms with Crippen LogP contribution in [-0.2, 0) is 4.79 Å². The Labute approximate surface area is 232 Å². The lowest BCUT2D eigenvalue weighted by Crippen LogP contribution is -2.29. The molecule has 7 nitrogen and oxygen atoms in total. The second-order valence-corrected chi connectivity index (χ2v) is 10.4. The predicted octanol–water partition coefficient (Wildman–Crippen LogP) is 6.31. The van der Waals surface area contributed by atoms with E-state index >= 15 is 0 Å². The number of halogens is 1. The summed E-state index contributed by atoms with van der Waals surface area (Å²) in [6, 6.07) is 19.2. The number of benzene rings is 1. The molecule has 0 bridgehead atoms. The lowest BCUT2D eigenvalue weighted by molar-refractivity contribution is -0.118. The first kappa shape index (κ1) is 25.9. The zero-order chi connectivity index (χ0) is 27.0. The third-order valence-electron chi connectivity index (χ3n) is 6.78. The summed E-state index contributed by atoms with van der Waals surface area (Å²) in [6.07, 6.45) is 3.59. The SMILES string of the molecule is Cc1cc([C@@H]2[C@@H](c3ccccn3)NC(=S)N2c2ccc(NC(=O)C(C)C)c(Cl)c2)c(C)n1-c1ccccn1. The summed E-state index contributed by atoms with van der Waals surface area (Å²) in [5.74, 6) is 0.614. The molecule has 9 heteroatoms. The number of carbonyl (C=O) groups is 1. The van der Waals surface area contributed by atoms with Crippen LogP contribution in [0, 0.1) is 19.8 Å². The van der Waals surface area contributed by atoms with E-state index in [-0.39, 0.29) is 23.9 Å². The Hall–Kier alpha value is -3.75. The van der Waals surface area contributed by atoms with E-state index in [1.807, 2.05) is 68.4 Å². The Balaban J connectivity index is 1.61. The maximum absolute atomic E-state index is 12.3. The van der Waals surface area contributed by atoms with E-state index in [9.17, 15) is 4.79 Å². The summed E-state index contributed by atoms with van der Waals surface area (Å²) in [6.45, 7) is 7.87. The Morgan fingerprint density at radius 2 is 1.79 bits per heavy atom. The molecule has 1 saturated heterocycles. The summed E-state index contributed by atoms with van der Waals surface area (Å²) < 4.78 is 2.15. The van der Waals surface area contributed by atoms with E-state index in [4.69, 9.17) is 23.8 Å². The zero-order valence-electron chi connectivity index (χ0n) is 21.6. The minimum absolute atomic E-state index is 0.0898. The van der Waals surface area contributed by atoms with Crippen LogP contribution in [0.25, 0.3) is 5.82 Å². The minimum atomic E-state index is -0.201. The molecule has 194 valence electrons. The van der Waals surface area contributed by atoms with Crippen molar-refractivity contribution in [2.24, 2.45) is 5.92 Å². The predicted molar refractivity (Wildman–Crippen MR) is 156 cm³/mol. The molecule has 1 aromatic carbocycles. The summed E-state index contributed by atoms with van der Waals surface area (Å²) in [4.78, 5) is 23.6. The zero-order valence-corrected chi connectivity index (χ0v) is 23.2. The topological polar surface area (TPSA) is 75.1 Å². The van der Waals surface area contributed by atoms with Gasteiger partial charge in [-0.25, -0.2) is 4.98 Å². The quantitative estimate of drug-likeness (QED) is 0.277. The molecule has 2 atom stereocenters. The van der Waals surface area contributed by atoms with Crippen LogP contribution < -0.4 is 15.5 Å². The second kappa shape index (κ2) is 10.6. The number of rotatable bonds is 6. The van der Waals surface area contributed by atoms with Crippen LogP contribution in [0.2, 0.25) is 5.02 Å². The van der Waals surface area contributed by atoms with E-state index in [0.29, 0.717) is 15.8 Å². The number of thiocarbonyl (C=S) groups is 1. The number of hydrogen-bond acceptors (Lipinski definition) is 4. The van der Waals surface area contributed by atoms with Crippen molar-refractivity contribution in [2.45, 2.75) is 39.8 Å². The average Bonchev–Trinajstić information content (AvgIpc) is 3.41. The van der Waals surface area contributed by atoms with E-state index in [1.165, 1.54) is 0 Å². The summed E-state index contributed by atoms with van der Waals surface area (Å²) >= 11 is 12.6.